The van der Waals surface area contributed by atoms with E-state index in [2.05, 4.69) is 79.7 Å². The van der Waals surface area contributed by atoms with E-state index >= 15 is 0 Å². The summed E-state index contributed by atoms with van der Waals surface area (Å²) in [6.45, 7) is 7.26. The van der Waals surface area contributed by atoms with Gasteiger partial charge in [-0.2, -0.15) is 5.10 Å². The normalized spacial score (nSPS) is 12.0. The Morgan fingerprint density at radius 1 is 1.00 bits per heavy atom. The van der Waals surface area contributed by atoms with Crippen molar-refractivity contribution in [2.45, 2.75) is 32.9 Å². The number of hydrogen-bond acceptors (Lipinski definition) is 2. The van der Waals surface area contributed by atoms with E-state index in [1.807, 2.05) is 10.9 Å². The Morgan fingerprint density at radius 2 is 1.76 bits per heavy atom. The molecule has 3 aromatic rings. The number of aromatic nitrogens is 2. The summed E-state index contributed by atoms with van der Waals surface area (Å²) in [5.74, 6) is 0. The van der Waals surface area contributed by atoms with Crippen LogP contribution >= 0.6 is 0 Å². The zero-order chi connectivity index (χ0) is 14.9. The number of benzene rings is 2. The second-order valence-electron chi connectivity index (χ2n) is 6.35. The topological polar surface area (TPSA) is 29.9 Å². The molecule has 3 heteroatoms. The molecule has 108 valence electrons. The summed E-state index contributed by atoms with van der Waals surface area (Å²) in [5.41, 5.74) is 2.27. The minimum Gasteiger partial charge on any atom is -0.306 e. The molecule has 0 saturated carbocycles. The van der Waals surface area contributed by atoms with E-state index < -0.39 is 0 Å². The van der Waals surface area contributed by atoms with Gasteiger partial charge in [0.05, 0.1) is 11.4 Å². The van der Waals surface area contributed by atoms with Gasteiger partial charge in [-0.3, -0.25) is 0 Å². The largest absolute Gasteiger partial charge is 0.306 e. The minimum atomic E-state index is 0.100. The fourth-order valence-electron chi connectivity index (χ4n) is 2.35. The van der Waals surface area contributed by atoms with Crippen LogP contribution in [0.3, 0.4) is 0 Å². The standard InChI is InChI=1S/C18H21N3/c1-18(2,3)19-13-15-11-12-21(20-15)17-10-6-8-14-7-4-5-9-16(14)17/h4-12,19H,13H2,1-3H3. The third kappa shape index (κ3) is 3.14. The summed E-state index contributed by atoms with van der Waals surface area (Å²) < 4.78 is 1.96. The lowest BCUT2D eigenvalue weighted by Crippen LogP contribution is -2.35. The van der Waals surface area contributed by atoms with Crippen LogP contribution in [0.2, 0.25) is 0 Å². The van der Waals surface area contributed by atoms with E-state index in [-0.39, 0.29) is 5.54 Å². The lowest BCUT2D eigenvalue weighted by Gasteiger charge is -2.19. The molecule has 0 aliphatic rings. The Hall–Kier alpha value is -2.13. The molecule has 0 saturated heterocycles. The van der Waals surface area contributed by atoms with E-state index in [4.69, 9.17) is 0 Å². The molecule has 0 aliphatic heterocycles. The van der Waals surface area contributed by atoms with E-state index in [1.165, 1.54) is 10.8 Å². The first-order chi connectivity index (χ1) is 10.0. The molecular weight excluding hydrogens is 258 g/mol. The van der Waals surface area contributed by atoms with Gasteiger partial charge in [0.1, 0.15) is 0 Å². The molecule has 0 fully saturated rings. The molecule has 0 atom stereocenters. The smallest absolute Gasteiger partial charge is 0.0767 e. The molecule has 2 aromatic carbocycles. The molecule has 0 spiro atoms. The molecule has 1 heterocycles. The predicted molar refractivity (Wildman–Crippen MR) is 87.7 cm³/mol. The number of nitrogens with zero attached hydrogens (tertiary/aromatic N) is 2. The van der Waals surface area contributed by atoms with Crippen LogP contribution in [0.25, 0.3) is 16.5 Å². The van der Waals surface area contributed by atoms with Gasteiger partial charge >= 0.3 is 0 Å². The highest BCUT2D eigenvalue weighted by molar-refractivity contribution is 5.89. The van der Waals surface area contributed by atoms with Crippen LogP contribution in [-0.4, -0.2) is 15.3 Å². The van der Waals surface area contributed by atoms with Gasteiger partial charge in [-0.1, -0.05) is 36.4 Å². The van der Waals surface area contributed by atoms with Gasteiger partial charge in [-0.15, -0.1) is 0 Å². The SMILES string of the molecule is CC(C)(C)NCc1ccn(-c2cccc3ccccc23)n1. The average molecular weight is 279 g/mol. The van der Waals surface area contributed by atoms with Crippen molar-refractivity contribution in [3.63, 3.8) is 0 Å². The summed E-state index contributed by atoms with van der Waals surface area (Å²) in [7, 11) is 0. The van der Waals surface area contributed by atoms with Gasteiger partial charge in [0.25, 0.3) is 0 Å². The lowest BCUT2D eigenvalue weighted by molar-refractivity contribution is 0.420. The van der Waals surface area contributed by atoms with Crippen LogP contribution in [0, 0.1) is 0 Å². The van der Waals surface area contributed by atoms with Crippen LogP contribution in [-0.2, 0) is 6.54 Å². The second-order valence-corrected chi connectivity index (χ2v) is 6.35. The zero-order valence-electron chi connectivity index (χ0n) is 12.8. The summed E-state index contributed by atoms with van der Waals surface area (Å²) in [5, 5.41) is 10.6. The highest BCUT2D eigenvalue weighted by atomic mass is 15.3. The molecule has 21 heavy (non-hydrogen) atoms. The molecule has 0 bridgehead atoms. The van der Waals surface area contributed by atoms with Gasteiger partial charge in [0.15, 0.2) is 0 Å². The van der Waals surface area contributed by atoms with Crippen LogP contribution in [0.4, 0.5) is 0 Å². The molecule has 1 N–H and O–H groups in total. The Kier molecular flexibility index (Phi) is 3.52. The molecule has 0 unspecified atom stereocenters. The second kappa shape index (κ2) is 5.34. The predicted octanol–water partition coefficient (Wildman–Crippen LogP) is 3.91. The molecule has 0 aliphatic carbocycles. The van der Waals surface area contributed by atoms with Gasteiger partial charge in [0, 0.05) is 23.7 Å². The molecule has 3 nitrogen and oxygen atoms in total. The summed E-state index contributed by atoms with van der Waals surface area (Å²) in [4.78, 5) is 0. The first kappa shape index (κ1) is 13.8. The Morgan fingerprint density at radius 3 is 2.57 bits per heavy atom. The third-order valence-corrected chi connectivity index (χ3v) is 3.46. The molecular formula is C18H21N3. The highest BCUT2D eigenvalue weighted by Crippen LogP contribution is 2.21. The van der Waals surface area contributed by atoms with Gasteiger partial charge < -0.3 is 5.32 Å². The number of rotatable bonds is 3. The first-order valence-electron chi connectivity index (χ1n) is 7.31. The van der Waals surface area contributed by atoms with Crippen LogP contribution < -0.4 is 5.32 Å². The Labute approximate surface area is 125 Å². The van der Waals surface area contributed by atoms with Gasteiger partial charge in [-0.05, 0) is 38.3 Å². The average Bonchev–Trinajstić information content (AvgIpc) is 2.92. The van der Waals surface area contributed by atoms with E-state index in [9.17, 15) is 0 Å². The van der Waals surface area contributed by atoms with Gasteiger partial charge in [0.2, 0.25) is 0 Å². The van der Waals surface area contributed by atoms with E-state index in [0.717, 1.165) is 17.9 Å². The van der Waals surface area contributed by atoms with Crippen molar-refractivity contribution < 1.29 is 0 Å². The number of hydrogen-bond donors (Lipinski definition) is 1. The van der Waals surface area contributed by atoms with Gasteiger partial charge in [-0.25, -0.2) is 4.68 Å². The van der Waals surface area contributed by atoms with Crippen molar-refractivity contribution in [2.75, 3.05) is 0 Å². The van der Waals surface area contributed by atoms with Crippen molar-refractivity contribution in [1.29, 1.82) is 0 Å². The maximum atomic E-state index is 4.69. The van der Waals surface area contributed by atoms with Crippen molar-refractivity contribution in [2.24, 2.45) is 0 Å². The van der Waals surface area contributed by atoms with Crippen molar-refractivity contribution in [1.82, 2.24) is 15.1 Å². The quantitative estimate of drug-likeness (QED) is 0.787. The zero-order valence-corrected chi connectivity index (χ0v) is 12.8. The first-order valence-corrected chi connectivity index (χ1v) is 7.31. The van der Waals surface area contributed by atoms with Crippen molar-refractivity contribution >= 4 is 10.8 Å². The Balaban J connectivity index is 1.92. The maximum Gasteiger partial charge on any atom is 0.0767 e. The van der Waals surface area contributed by atoms with E-state index in [0.29, 0.717) is 0 Å². The highest BCUT2D eigenvalue weighted by Gasteiger charge is 2.10. The van der Waals surface area contributed by atoms with Crippen LogP contribution in [0.15, 0.2) is 54.7 Å². The fraction of sp³-hybridized carbons (Fsp3) is 0.278. The minimum absolute atomic E-state index is 0.100. The summed E-state index contributed by atoms with van der Waals surface area (Å²) in [6.07, 6.45) is 2.03. The Bertz CT molecular complexity index is 745. The van der Waals surface area contributed by atoms with E-state index in [1.54, 1.807) is 0 Å². The maximum absolute atomic E-state index is 4.69. The van der Waals surface area contributed by atoms with Crippen molar-refractivity contribution in [3.8, 4) is 5.69 Å². The lowest BCUT2D eigenvalue weighted by atomic mass is 10.1. The van der Waals surface area contributed by atoms with Crippen LogP contribution in [0.1, 0.15) is 26.5 Å². The number of nitrogens with one attached hydrogen (secondary N) is 1. The third-order valence-electron chi connectivity index (χ3n) is 3.46. The fourth-order valence-corrected chi connectivity index (χ4v) is 2.35. The van der Waals surface area contributed by atoms with Crippen molar-refractivity contribution in [3.05, 3.63) is 60.4 Å². The monoisotopic (exact) mass is 279 g/mol. The molecule has 0 radical (unpaired) electrons. The molecule has 1 aromatic heterocycles. The summed E-state index contributed by atoms with van der Waals surface area (Å²) >= 11 is 0. The number of fused-ring (bicyclic) bond motifs is 1. The summed E-state index contributed by atoms with van der Waals surface area (Å²) in [6, 6.07) is 16.8. The van der Waals surface area contributed by atoms with Crippen LogP contribution in [0.5, 0.6) is 0 Å². The molecule has 3 rings (SSSR count). The molecule has 0 amide bonds.